The van der Waals surface area contributed by atoms with Crippen molar-refractivity contribution >= 4 is 17.5 Å². The van der Waals surface area contributed by atoms with Crippen molar-refractivity contribution < 1.29 is 9.90 Å². The molecule has 2 heterocycles. The van der Waals surface area contributed by atoms with Crippen LogP contribution >= 0.6 is 11.6 Å². The first kappa shape index (κ1) is 13.3. The van der Waals surface area contributed by atoms with Crippen molar-refractivity contribution in [1.82, 2.24) is 9.88 Å². The molecule has 1 aromatic rings. The number of amides is 1. The molecule has 18 heavy (non-hydrogen) atoms. The molecule has 0 spiro atoms. The summed E-state index contributed by atoms with van der Waals surface area (Å²) in [5, 5.41) is 9.60. The van der Waals surface area contributed by atoms with Gasteiger partial charge in [-0.15, -0.1) is 0 Å². The van der Waals surface area contributed by atoms with Crippen molar-refractivity contribution in [1.29, 1.82) is 0 Å². The summed E-state index contributed by atoms with van der Waals surface area (Å²) in [5.41, 5.74) is 1.37. The van der Waals surface area contributed by atoms with E-state index in [0.29, 0.717) is 17.3 Å². The molecule has 0 saturated carbocycles. The van der Waals surface area contributed by atoms with E-state index in [2.05, 4.69) is 4.98 Å². The zero-order valence-electron chi connectivity index (χ0n) is 10.4. The highest BCUT2D eigenvalue weighted by atomic mass is 35.5. The molecule has 98 valence electrons. The Bertz CT molecular complexity index is 451. The lowest BCUT2D eigenvalue weighted by molar-refractivity contribution is 0.0677. The Morgan fingerprint density at radius 3 is 3.06 bits per heavy atom. The van der Waals surface area contributed by atoms with Crippen LogP contribution in [0.5, 0.6) is 0 Å². The molecule has 1 aliphatic rings. The number of aromatic nitrogens is 1. The number of pyridine rings is 1. The maximum Gasteiger partial charge on any atom is 0.254 e. The third-order valence-electron chi connectivity index (χ3n) is 3.31. The fraction of sp³-hybridized carbons (Fsp3) is 0.538. The number of aliphatic hydroxyl groups excluding tert-OH is 1. The molecule has 0 aromatic carbocycles. The standard InChI is InChI=1S/C13H17ClN2O2/c1-2-10-6-9(7-12(14)15-10)13(18)16-5-3-4-11(16)8-17/h6-7,11,17H,2-5,8H2,1H3/t11-/m0/s1. The first-order valence-electron chi connectivity index (χ1n) is 6.24. The Morgan fingerprint density at radius 2 is 2.39 bits per heavy atom. The van der Waals surface area contributed by atoms with Crippen LogP contribution in [0.2, 0.25) is 5.15 Å². The van der Waals surface area contributed by atoms with E-state index in [4.69, 9.17) is 11.6 Å². The summed E-state index contributed by atoms with van der Waals surface area (Å²) in [6, 6.07) is 3.31. The molecule has 2 rings (SSSR count). The molecule has 1 N–H and O–H groups in total. The number of halogens is 1. The third kappa shape index (κ3) is 2.65. The molecule has 5 heteroatoms. The Hall–Kier alpha value is -1.13. The first-order valence-corrected chi connectivity index (χ1v) is 6.61. The third-order valence-corrected chi connectivity index (χ3v) is 3.50. The van der Waals surface area contributed by atoms with Crippen molar-refractivity contribution in [2.45, 2.75) is 32.2 Å². The number of carbonyl (C=O) groups excluding carboxylic acids is 1. The Labute approximate surface area is 112 Å². The van der Waals surface area contributed by atoms with Gasteiger partial charge in [-0.3, -0.25) is 4.79 Å². The monoisotopic (exact) mass is 268 g/mol. The molecule has 0 unspecified atom stereocenters. The van der Waals surface area contributed by atoms with Crippen molar-refractivity contribution in [3.05, 3.63) is 28.5 Å². The lowest BCUT2D eigenvalue weighted by atomic mass is 10.1. The molecule has 1 aromatic heterocycles. The zero-order chi connectivity index (χ0) is 13.1. The van der Waals surface area contributed by atoms with Crippen LogP contribution in [-0.2, 0) is 6.42 Å². The summed E-state index contributed by atoms with van der Waals surface area (Å²) < 4.78 is 0. The summed E-state index contributed by atoms with van der Waals surface area (Å²) in [6.07, 6.45) is 2.54. The van der Waals surface area contributed by atoms with Gasteiger partial charge in [0, 0.05) is 17.8 Å². The smallest absolute Gasteiger partial charge is 0.254 e. The average Bonchev–Trinajstić information content (AvgIpc) is 2.85. The highest BCUT2D eigenvalue weighted by Crippen LogP contribution is 2.21. The van der Waals surface area contributed by atoms with Gasteiger partial charge in [0.1, 0.15) is 5.15 Å². The SMILES string of the molecule is CCc1cc(C(=O)N2CCC[C@H]2CO)cc(Cl)n1. The minimum absolute atomic E-state index is 0.0190. The van der Waals surface area contributed by atoms with Crippen molar-refractivity contribution in [3.63, 3.8) is 0 Å². The van der Waals surface area contributed by atoms with Crippen molar-refractivity contribution in [3.8, 4) is 0 Å². The number of hydrogen-bond donors (Lipinski definition) is 1. The largest absolute Gasteiger partial charge is 0.394 e. The van der Waals surface area contributed by atoms with Crippen LogP contribution in [0.15, 0.2) is 12.1 Å². The fourth-order valence-corrected chi connectivity index (χ4v) is 2.54. The van der Waals surface area contributed by atoms with Crippen LogP contribution in [-0.4, -0.2) is 40.1 Å². The first-order chi connectivity index (χ1) is 8.65. The Balaban J connectivity index is 2.25. The van der Waals surface area contributed by atoms with E-state index >= 15 is 0 Å². The predicted molar refractivity (Wildman–Crippen MR) is 69.8 cm³/mol. The van der Waals surface area contributed by atoms with Gasteiger partial charge in [-0.2, -0.15) is 0 Å². The number of hydrogen-bond acceptors (Lipinski definition) is 3. The van der Waals surface area contributed by atoms with E-state index in [1.165, 1.54) is 0 Å². The molecule has 0 bridgehead atoms. The molecule has 1 aliphatic heterocycles. The predicted octanol–water partition coefficient (Wildman–Crippen LogP) is 1.89. The second kappa shape index (κ2) is 5.67. The second-order valence-corrected chi connectivity index (χ2v) is 4.89. The Morgan fingerprint density at radius 1 is 1.61 bits per heavy atom. The maximum atomic E-state index is 12.4. The van der Waals surface area contributed by atoms with Gasteiger partial charge in [0.25, 0.3) is 5.91 Å². The van der Waals surface area contributed by atoms with Gasteiger partial charge in [-0.25, -0.2) is 4.98 Å². The zero-order valence-corrected chi connectivity index (χ0v) is 11.2. The molecular formula is C13H17ClN2O2. The van der Waals surface area contributed by atoms with Gasteiger partial charge in [-0.05, 0) is 31.4 Å². The van der Waals surface area contributed by atoms with Gasteiger partial charge in [0.2, 0.25) is 0 Å². The van der Waals surface area contributed by atoms with Gasteiger partial charge in [0.05, 0.1) is 12.6 Å². The minimum Gasteiger partial charge on any atom is -0.394 e. The molecule has 1 saturated heterocycles. The summed E-state index contributed by atoms with van der Waals surface area (Å²) in [7, 11) is 0. The quantitative estimate of drug-likeness (QED) is 0.852. The van der Waals surface area contributed by atoms with Crippen LogP contribution in [0.3, 0.4) is 0 Å². The van der Waals surface area contributed by atoms with Crippen molar-refractivity contribution in [2.24, 2.45) is 0 Å². The number of likely N-dealkylation sites (tertiary alicyclic amines) is 1. The fourth-order valence-electron chi connectivity index (χ4n) is 2.31. The molecule has 0 radical (unpaired) electrons. The molecule has 1 atom stereocenters. The summed E-state index contributed by atoms with van der Waals surface area (Å²) in [5.74, 6) is -0.0643. The number of nitrogens with zero attached hydrogens (tertiary/aromatic N) is 2. The lowest BCUT2D eigenvalue weighted by Crippen LogP contribution is -2.37. The number of aryl methyl sites for hydroxylation is 1. The van der Waals surface area contributed by atoms with E-state index in [0.717, 1.165) is 25.0 Å². The summed E-state index contributed by atoms with van der Waals surface area (Å²) in [6.45, 7) is 2.69. The van der Waals surface area contributed by atoms with E-state index in [-0.39, 0.29) is 18.6 Å². The maximum absolute atomic E-state index is 12.4. The molecule has 1 amide bonds. The van der Waals surface area contributed by atoms with Crippen LogP contribution < -0.4 is 0 Å². The summed E-state index contributed by atoms with van der Waals surface area (Å²) in [4.78, 5) is 18.2. The van der Waals surface area contributed by atoms with E-state index in [1.54, 1.807) is 17.0 Å². The van der Waals surface area contributed by atoms with Crippen LogP contribution in [0, 0.1) is 0 Å². The molecule has 0 aliphatic carbocycles. The van der Waals surface area contributed by atoms with Crippen LogP contribution in [0.1, 0.15) is 35.8 Å². The second-order valence-electron chi connectivity index (χ2n) is 4.50. The Kier molecular flexibility index (Phi) is 4.19. The van der Waals surface area contributed by atoms with E-state index in [9.17, 15) is 9.90 Å². The van der Waals surface area contributed by atoms with Crippen LogP contribution in [0.25, 0.3) is 0 Å². The molecule has 4 nitrogen and oxygen atoms in total. The number of aliphatic hydroxyl groups is 1. The van der Waals surface area contributed by atoms with Crippen molar-refractivity contribution in [2.75, 3.05) is 13.2 Å². The number of carbonyl (C=O) groups is 1. The van der Waals surface area contributed by atoms with Gasteiger partial charge in [-0.1, -0.05) is 18.5 Å². The minimum atomic E-state index is -0.0643. The topological polar surface area (TPSA) is 53.4 Å². The lowest BCUT2D eigenvalue weighted by Gasteiger charge is -2.23. The van der Waals surface area contributed by atoms with Gasteiger partial charge < -0.3 is 10.0 Å². The molecular weight excluding hydrogens is 252 g/mol. The van der Waals surface area contributed by atoms with Crippen LogP contribution in [0.4, 0.5) is 0 Å². The number of rotatable bonds is 3. The van der Waals surface area contributed by atoms with Gasteiger partial charge in [0.15, 0.2) is 0 Å². The molecule has 1 fully saturated rings. The highest BCUT2D eigenvalue weighted by molar-refractivity contribution is 6.29. The van der Waals surface area contributed by atoms with Gasteiger partial charge >= 0.3 is 0 Å². The summed E-state index contributed by atoms with van der Waals surface area (Å²) >= 11 is 5.92. The normalized spacial score (nSPS) is 19.3. The van der Waals surface area contributed by atoms with E-state index in [1.807, 2.05) is 6.92 Å². The average molecular weight is 269 g/mol. The highest BCUT2D eigenvalue weighted by Gasteiger charge is 2.29. The van der Waals surface area contributed by atoms with E-state index < -0.39 is 0 Å².